The predicted molar refractivity (Wildman–Crippen MR) is 84.9 cm³/mol. The van der Waals surface area contributed by atoms with Gasteiger partial charge in [0.1, 0.15) is 0 Å². The number of thiophene rings is 1. The maximum atomic E-state index is 3.66. The molecule has 0 amide bonds. The monoisotopic (exact) mass is 280 g/mol. The summed E-state index contributed by atoms with van der Waals surface area (Å²) in [6.45, 7) is 8.20. The van der Waals surface area contributed by atoms with E-state index in [9.17, 15) is 0 Å². The molecule has 0 saturated carbocycles. The van der Waals surface area contributed by atoms with E-state index in [2.05, 4.69) is 41.6 Å². The molecule has 1 aliphatic rings. The summed E-state index contributed by atoms with van der Waals surface area (Å²) in [7, 11) is 0. The van der Waals surface area contributed by atoms with E-state index in [4.69, 9.17) is 0 Å². The van der Waals surface area contributed by atoms with Crippen LogP contribution in [-0.2, 0) is 0 Å². The Bertz CT molecular complexity index is 335. The molecule has 0 bridgehead atoms. The molecule has 1 aliphatic heterocycles. The molecule has 1 aromatic heterocycles. The van der Waals surface area contributed by atoms with Crippen LogP contribution in [0.25, 0.3) is 0 Å². The van der Waals surface area contributed by atoms with Crippen molar-refractivity contribution < 1.29 is 0 Å². The number of likely N-dealkylation sites (tertiary alicyclic amines) is 1. The van der Waals surface area contributed by atoms with Gasteiger partial charge in [0.15, 0.2) is 0 Å². The Balaban J connectivity index is 1.71. The summed E-state index contributed by atoms with van der Waals surface area (Å²) in [4.78, 5) is 4.16. The highest BCUT2D eigenvalue weighted by Crippen LogP contribution is 2.21. The lowest BCUT2D eigenvalue weighted by Gasteiger charge is -2.36. The molecule has 108 valence electrons. The van der Waals surface area contributed by atoms with Gasteiger partial charge in [-0.3, -0.25) is 4.90 Å². The maximum Gasteiger partial charge on any atom is 0.0386 e. The Morgan fingerprint density at radius 3 is 3.11 bits per heavy atom. The molecule has 2 heterocycles. The van der Waals surface area contributed by atoms with Crippen LogP contribution in [-0.4, -0.2) is 30.6 Å². The minimum Gasteiger partial charge on any atom is -0.308 e. The molecule has 2 rings (SSSR count). The number of rotatable bonds is 7. The van der Waals surface area contributed by atoms with E-state index in [1.807, 2.05) is 11.3 Å². The smallest absolute Gasteiger partial charge is 0.0386 e. The van der Waals surface area contributed by atoms with E-state index < -0.39 is 0 Å². The van der Waals surface area contributed by atoms with Gasteiger partial charge >= 0.3 is 0 Å². The zero-order valence-electron chi connectivity index (χ0n) is 12.4. The lowest BCUT2D eigenvalue weighted by molar-refractivity contribution is 0.139. The molecule has 1 saturated heterocycles. The number of hydrogen-bond acceptors (Lipinski definition) is 3. The first-order chi connectivity index (χ1) is 9.31. The summed E-state index contributed by atoms with van der Waals surface area (Å²) < 4.78 is 0. The van der Waals surface area contributed by atoms with Gasteiger partial charge in [0, 0.05) is 30.1 Å². The maximum absolute atomic E-state index is 3.66. The van der Waals surface area contributed by atoms with Crippen LogP contribution in [0.1, 0.15) is 56.9 Å². The van der Waals surface area contributed by atoms with Gasteiger partial charge in [-0.1, -0.05) is 25.8 Å². The molecule has 1 fully saturated rings. The van der Waals surface area contributed by atoms with Crippen LogP contribution in [0.2, 0.25) is 0 Å². The average molecular weight is 280 g/mol. The van der Waals surface area contributed by atoms with E-state index in [-0.39, 0.29) is 0 Å². The number of hydrogen-bond donors (Lipinski definition) is 1. The lowest BCUT2D eigenvalue weighted by Crippen LogP contribution is -2.43. The molecule has 19 heavy (non-hydrogen) atoms. The first kappa shape index (κ1) is 15.0. The van der Waals surface area contributed by atoms with E-state index >= 15 is 0 Å². The lowest BCUT2D eigenvalue weighted by atomic mass is 9.98. The van der Waals surface area contributed by atoms with Gasteiger partial charge in [-0.15, -0.1) is 11.3 Å². The molecule has 1 N–H and O–H groups in total. The van der Waals surface area contributed by atoms with E-state index in [0.717, 1.165) is 12.6 Å². The largest absolute Gasteiger partial charge is 0.308 e. The SMILES string of the molecule is CCCC1CCCCN1CCNC(C)c1cccs1. The molecule has 0 spiro atoms. The molecule has 2 atom stereocenters. The van der Waals surface area contributed by atoms with Crippen molar-refractivity contribution in [2.24, 2.45) is 0 Å². The van der Waals surface area contributed by atoms with Crippen molar-refractivity contribution >= 4 is 11.3 Å². The Morgan fingerprint density at radius 1 is 1.47 bits per heavy atom. The quantitative estimate of drug-likeness (QED) is 0.810. The van der Waals surface area contributed by atoms with Crippen LogP contribution in [0.5, 0.6) is 0 Å². The third kappa shape index (κ3) is 4.59. The van der Waals surface area contributed by atoms with Crippen LogP contribution < -0.4 is 5.32 Å². The highest BCUT2D eigenvalue weighted by Gasteiger charge is 2.20. The Kier molecular flexibility index (Phi) is 6.35. The third-order valence-electron chi connectivity index (χ3n) is 4.19. The van der Waals surface area contributed by atoms with Gasteiger partial charge in [0.2, 0.25) is 0 Å². The standard InChI is InChI=1S/C16H28N2S/c1-3-7-15-8-4-5-11-18(15)12-10-17-14(2)16-9-6-13-19-16/h6,9,13-15,17H,3-5,7-8,10-12H2,1-2H3. The zero-order chi connectivity index (χ0) is 13.5. The summed E-state index contributed by atoms with van der Waals surface area (Å²) in [6.07, 6.45) is 6.93. The second kappa shape index (κ2) is 8.03. The van der Waals surface area contributed by atoms with Crippen molar-refractivity contribution in [1.29, 1.82) is 0 Å². The molecule has 2 unspecified atom stereocenters. The Labute approximate surface area is 122 Å². The summed E-state index contributed by atoms with van der Waals surface area (Å²) >= 11 is 1.85. The van der Waals surface area contributed by atoms with Gasteiger partial charge in [-0.05, 0) is 44.2 Å². The molecular weight excluding hydrogens is 252 g/mol. The first-order valence-corrected chi connectivity index (χ1v) is 8.70. The van der Waals surface area contributed by atoms with Gasteiger partial charge < -0.3 is 5.32 Å². The number of nitrogens with zero attached hydrogens (tertiary/aromatic N) is 1. The fourth-order valence-electron chi connectivity index (χ4n) is 3.08. The topological polar surface area (TPSA) is 15.3 Å². The van der Waals surface area contributed by atoms with E-state index in [0.29, 0.717) is 6.04 Å². The average Bonchev–Trinajstić information content (AvgIpc) is 2.95. The fourth-order valence-corrected chi connectivity index (χ4v) is 3.84. The van der Waals surface area contributed by atoms with Gasteiger partial charge in [-0.25, -0.2) is 0 Å². The van der Waals surface area contributed by atoms with E-state index in [1.165, 1.54) is 50.1 Å². The summed E-state index contributed by atoms with van der Waals surface area (Å²) in [6, 6.07) is 5.70. The van der Waals surface area contributed by atoms with Crippen LogP contribution in [0.4, 0.5) is 0 Å². The van der Waals surface area contributed by atoms with Crippen LogP contribution in [0, 0.1) is 0 Å². The normalized spacial score (nSPS) is 22.5. The number of nitrogens with one attached hydrogen (secondary N) is 1. The third-order valence-corrected chi connectivity index (χ3v) is 5.25. The molecule has 2 nitrogen and oxygen atoms in total. The zero-order valence-corrected chi connectivity index (χ0v) is 13.2. The summed E-state index contributed by atoms with van der Waals surface area (Å²) in [5.41, 5.74) is 0. The van der Waals surface area contributed by atoms with Crippen LogP contribution in [0.3, 0.4) is 0 Å². The van der Waals surface area contributed by atoms with Crippen molar-refractivity contribution in [1.82, 2.24) is 10.2 Å². The fraction of sp³-hybridized carbons (Fsp3) is 0.750. The van der Waals surface area contributed by atoms with Crippen molar-refractivity contribution in [2.45, 2.75) is 58.0 Å². The van der Waals surface area contributed by atoms with Gasteiger partial charge in [-0.2, -0.15) is 0 Å². The second-order valence-electron chi connectivity index (χ2n) is 5.67. The van der Waals surface area contributed by atoms with Crippen LogP contribution >= 0.6 is 11.3 Å². The molecule has 0 radical (unpaired) electrons. The summed E-state index contributed by atoms with van der Waals surface area (Å²) in [5.74, 6) is 0. The second-order valence-corrected chi connectivity index (χ2v) is 6.64. The minimum absolute atomic E-state index is 0.495. The van der Waals surface area contributed by atoms with Gasteiger partial charge in [0.05, 0.1) is 0 Å². The highest BCUT2D eigenvalue weighted by atomic mass is 32.1. The van der Waals surface area contributed by atoms with Crippen molar-refractivity contribution in [2.75, 3.05) is 19.6 Å². The molecule has 3 heteroatoms. The van der Waals surface area contributed by atoms with Crippen molar-refractivity contribution in [3.05, 3.63) is 22.4 Å². The molecule has 0 aromatic carbocycles. The van der Waals surface area contributed by atoms with Crippen molar-refractivity contribution in [3.8, 4) is 0 Å². The minimum atomic E-state index is 0.495. The number of piperidine rings is 1. The van der Waals surface area contributed by atoms with E-state index in [1.54, 1.807) is 0 Å². The summed E-state index contributed by atoms with van der Waals surface area (Å²) in [5, 5.41) is 5.83. The molecule has 0 aliphatic carbocycles. The molecular formula is C16H28N2S. The predicted octanol–water partition coefficient (Wildman–Crippen LogP) is 4.05. The Morgan fingerprint density at radius 2 is 2.37 bits per heavy atom. The molecule has 1 aromatic rings. The van der Waals surface area contributed by atoms with Crippen molar-refractivity contribution in [3.63, 3.8) is 0 Å². The van der Waals surface area contributed by atoms with Crippen LogP contribution in [0.15, 0.2) is 17.5 Å². The highest BCUT2D eigenvalue weighted by molar-refractivity contribution is 7.10. The Hall–Kier alpha value is -0.380. The van der Waals surface area contributed by atoms with Gasteiger partial charge in [0.25, 0.3) is 0 Å². The first-order valence-electron chi connectivity index (χ1n) is 7.82.